The Labute approximate surface area is 159 Å². The molecule has 0 aliphatic carbocycles. The number of rotatable bonds is 4. The molecule has 28 heavy (non-hydrogen) atoms. The zero-order valence-electron chi connectivity index (χ0n) is 14.9. The Balaban J connectivity index is 1.51. The van der Waals surface area contributed by atoms with Crippen LogP contribution in [0.3, 0.4) is 0 Å². The van der Waals surface area contributed by atoms with Crippen LogP contribution in [0.2, 0.25) is 0 Å². The van der Waals surface area contributed by atoms with Crippen LogP contribution in [0, 0.1) is 0 Å². The second-order valence-corrected chi connectivity index (χ2v) is 6.81. The Hall–Kier alpha value is -2.87. The first-order valence-corrected chi connectivity index (χ1v) is 8.93. The van der Waals surface area contributed by atoms with Crippen LogP contribution in [0.5, 0.6) is 5.75 Å². The van der Waals surface area contributed by atoms with Gasteiger partial charge in [0, 0.05) is 11.6 Å². The molecule has 1 fully saturated rings. The van der Waals surface area contributed by atoms with Crippen molar-refractivity contribution in [3.8, 4) is 17.1 Å². The number of likely N-dealkylation sites (tertiary alicyclic amines) is 1. The van der Waals surface area contributed by atoms with Gasteiger partial charge >= 0.3 is 6.18 Å². The summed E-state index contributed by atoms with van der Waals surface area (Å²) in [7, 11) is 0. The molecule has 1 unspecified atom stereocenters. The molecule has 1 aliphatic heterocycles. The van der Waals surface area contributed by atoms with E-state index in [4.69, 9.17) is 4.52 Å². The summed E-state index contributed by atoms with van der Waals surface area (Å²) < 4.78 is 44.0. The Bertz CT molecular complexity index is 954. The minimum absolute atomic E-state index is 0.140. The zero-order valence-corrected chi connectivity index (χ0v) is 14.9. The quantitative estimate of drug-likeness (QED) is 0.695. The van der Waals surface area contributed by atoms with Crippen LogP contribution in [0.25, 0.3) is 11.4 Å². The third-order valence-electron chi connectivity index (χ3n) is 4.90. The molecule has 1 saturated heterocycles. The van der Waals surface area contributed by atoms with Crippen molar-refractivity contribution in [3.05, 3.63) is 65.5 Å². The number of halogens is 3. The first kappa shape index (κ1) is 18.5. The lowest BCUT2D eigenvalue weighted by molar-refractivity contribution is -0.137. The lowest BCUT2D eigenvalue weighted by Crippen LogP contribution is -2.22. The number of phenols is 1. The van der Waals surface area contributed by atoms with E-state index in [0.717, 1.165) is 37.1 Å². The number of aromatic hydroxyl groups is 1. The maximum absolute atomic E-state index is 12.9. The smallest absolute Gasteiger partial charge is 0.416 e. The van der Waals surface area contributed by atoms with E-state index in [2.05, 4.69) is 15.0 Å². The molecule has 0 bridgehead atoms. The Morgan fingerprint density at radius 2 is 1.93 bits per heavy atom. The van der Waals surface area contributed by atoms with E-state index in [1.165, 1.54) is 12.1 Å². The Kier molecular flexibility index (Phi) is 4.80. The molecule has 1 N–H and O–H groups in total. The van der Waals surface area contributed by atoms with Gasteiger partial charge in [-0.05, 0) is 49.2 Å². The summed E-state index contributed by atoms with van der Waals surface area (Å²) in [4.78, 5) is 6.47. The van der Waals surface area contributed by atoms with Crippen molar-refractivity contribution in [2.45, 2.75) is 31.6 Å². The summed E-state index contributed by atoms with van der Waals surface area (Å²) in [6, 6.07) is 12.1. The third-order valence-corrected chi connectivity index (χ3v) is 4.90. The molecular formula is C20H18F3N3O2. The highest BCUT2D eigenvalue weighted by Gasteiger charge is 2.31. The molecule has 1 aromatic heterocycles. The van der Waals surface area contributed by atoms with Crippen molar-refractivity contribution < 1.29 is 22.8 Å². The Morgan fingerprint density at radius 1 is 1.14 bits per heavy atom. The second-order valence-electron chi connectivity index (χ2n) is 6.81. The van der Waals surface area contributed by atoms with Gasteiger partial charge in [-0.1, -0.05) is 29.4 Å². The number of alkyl halides is 3. The van der Waals surface area contributed by atoms with E-state index in [0.29, 0.717) is 12.4 Å². The van der Waals surface area contributed by atoms with Crippen molar-refractivity contribution in [3.63, 3.8) is 0 Å². The molecule has 0 amide bonds. The summed E-state index contributed by atoms with van der Waals surface area (Å²) in [5.74, 6) is 0.718. The number of hydrogen-bond acceptors (Lipinski definition) is 5. The molecule has 146 valence electrons. The lowest BCUT2D eigenvalue weighted by atomic mass is 10.0. The summed E-state index contributed by atoms with van der Waals surface area (Å²) in [5, 5.41) is 13.3. The molecular weight excluding hydrogens is 371 g/mol. The number of nitrogens with zero attached hydrogens (tertiary/aromatic N) is 3. The summed E-state index contributed by atoms with van der Waals surface area (Å²) >= 11 is 0. The van der Waals surface area contributed by atoms with Crippen LogP contribution >= 0.6 is 0 Å². The van der Waals surface area contributed by atoms with Gasteiger partial charge in [0.25, 0.3) is 0 Å². The highest BCUT2D eigenvalue weighted by Crippen LogP contribution is 2.34. The van der Waals surface area contributed by atoms with E-state index in [1.54, 1.807) is 12.1 Å². The number of aromatic nitrogens is 2. The zero-order chi connectivity index (χ0) is 19.7. The minimum Gasteiger partial charge on any atom is -0.508 e. The second kappa shape index (κ2) is 7.27. The summed E-state index contributed by atoms with van der Waals surface area (Å²) in [5.41, 5.74) is 0.609. The molecule has 0 radical (unpaired) electrons. The monoisotopic (exact) mass is 389 g/mol. The van der Waals surface area contributed by atoms with Gasteiger partial charge in [0.05, 0.1) is 12.1 Å². The van der Waals surface area contributed by atoms with Crippen LogP contribution in [0.15, 0.2) is 53.1 Å². The van der Waals surface area contributed by atoms with E-state index in [9.17, 15) is 18.3 Å². The summed E-state index contributed by atoms with van der Waals surface area (Å²) in [6.45, 7) is 1.27. The molecule has 1 atom stereocenters. The maximum atomic E-state index is 12.9. The predicted octanol–water partition coefficient (Wildman–Crippen LogP) is 4.80. The van der Waals surface area contributed by atoms with Gasteiger partial charge in [-0.2, -0.15) is 18.2 Å². The van der Waals surface area contributed by atoms with E-state index >= 15 is 0 Å². The topological polar surface area (TPSA) is 62.4 Å². The molecule has 5 nitrogen and oxygen atoms in total. The molecule has 4 rings (SSSR count). The average Bonchev–Trinajstić information content (AvgIpc) is 3.32. The molecule has 0 spiro atoms. The van der Waals surface area contributed by atoms with Crippen molar-refractivity contribution in [1.29, 1.82) is 0 Å². The third kappa shape index (κ3) is 3.87. The van der Waals surface area contributed by atoms with Crippen molar-refractivity contribution in [2.24, 2.45) is 0 Å². The normalized spacial score (nSPS) is 17.9. The van der Waals surface area contributed by atoms with Crippen molar-refractivity contribution >= 4 is 0 Å². The lowest BCUT2D eigenvalue weighted by Gasteiger charge is -2.23. The van der Waals surface area contributed by atoms with E-state index in [1.807, 2.05) is 12.1 Å². The Morgan fingerprint density at radius 3 is 2.68 bits per heavy atom. The largest absolute Gasteiger partial charge is 0.508 e. The average molecular weight is 389 g/mol. The van der Waals surface area contributed by atoms with Gasteiger partial charge < -0.3 is 9.63 Å². The highest BCUT2D eigenvalue weighted by atomic mass is 19.4. The van der Waals surface area contributed by atoms with Crippen LogP contribution in [-0.4, -0.2) is 26.7 Å². The van der Waals surface area contributed by atoms with Crippen LogP contribution in [-0.2, 0) is 12.7 Å². The van der Waals surface area contributed by atoms with Gasteiger partial charge in [-0.3, -0.25) is 4.90 Å². The number of phenolic OH excluding ortho intramolecular Hbond substituents is 1. The fourth-order valence-electron chi connectivity index (χ4n) is 3.53. The minimum atomic E-state index is -4.42. The predicted molar refractivity (Wildman–Crippen MR) is 95.2 cm³/mol. The van der Waals surface area contributed by atoms with Gasteiger partial charge in [-0.15, -0.1) is 0 Å². The molecule has 2 aromatic carbocycles. The van der Waals surface area contributed by atoms with Crippen molar-refractivity contribution in [1.82, 2.24) is 15.0 Å². The van der Waals surface area contributed by atoms with Crippen LogP contribution in [0.1, 0.15) is 35.9 Å². The van der Waals surface area contributed by atoms with Gasteiger partial charge in [0.1, 0.15) is 5.75 Å². The number of benzene rings is 2. The standard InChI is InChI=1S/C20H18F3N3O2/c21-20(22,23)15-4-1-3-14(11-15)19-24-18(28-25-19)12-26-10-2-5-17(26)13-6-8-16(27)9-7-13/h1,3-4,6-9,11,17,27H,2,5,10,12H2. The first-order valence-electron chi connectivity index (χ1n) is 8.93. The fourth-order valence-corrected chi connectivity index (χ4v) is 3.53. The summed E-state index contributed by atoms with van der Waals surface area (Å²) in [6.07, 6.45) is -2.44. The van der Waals surface area contributed by atoms with E-state index in [-0.39, 0.29) is 23.2 Å². The SMILES string of the molecule is Oc1ccc(C2CCCN2Cc2nc(-c3cccc(C(F)(F)F)c3)no2)cc1. The highest BCUT2D eigenvalue weighted by molar-refractivity contribution is 5.55. The molecule has 8 heteroatoms. The maximum Gasteiger partial charge on any atom is 0.416 e. The molecule has 0 saturated carbocycles. The first-order chi connectivity index (χ1) is 13.4. The van der Waals surface area contributed by atoms with E-state index < -0.39 is 11.7 Å². The molecule has 2 heterocycles. The van der Waals surface area contributed by atoms with Crippen molar-refractivity contribution in [2.75, 3.05) is 6.54 Å². The number of hydrogen-bond donors (Lipinski definition) is 1. The van der Waals surface area contributed by atoms with Gasteiger partial charge in [-0.25, -0.2) is 0 Å². The molecule has 1 aliphatic rings. The van der Waals surface area contributed by atoms with Crippen LogP contribution in [0.4, 0.5) is 13.2 Å². The van der Waals surface area contributed by atoms with Crippen LogP contribution < -0.4 is 0 Å². The van der Waals surface area contributed by atoms with Gasteiger partial charge in [0.15, 0.2) is 0 Å². The molecule has 3 aromatic rings. The fraction of sp³-hybridized carbons (Fsp3) is 0.300. The van der Waals surface area contributed by atoms with Gasteiger partial charge in [0.2, 0.25) is 11.7 Å².